The lowest BCUT2D eigenvalue weighted by atomic mass is 9.71. The van der Waals surface area contributed by atoms with Crippen LogP contribution in [0.2, 0.25) is 0 Å². The Hall–Kier alpha value is -0.820. The summed E-state index contributed by atoms with van der Waals surface area (Å²) in [7, 11) is 0. The van der Waals surface area contributed by atoms with Crippen molar-refractivity contribution in [1.82, 2.24) is 0 Å². The summed E-state index contributed by atoms with van der Waals surface area (Å²) >= 11 is 0. The molecule has 1 heteroatoms. The largest absolute Gasteiger partial charge is 0.324 e. The van der Waals surface area contributed by atoms with Gasteiger partial charge in [0.25, 0.3) is 0 Å². The quantitative estimate of drug-likeness (QED) is 0.782. The van der Waals surface area contributed by atoms with E-state index in [2.05, 4.69) is 30.3 Å². The normalized spacial score (nSPS) is 26.5. The average Bonchev–Trinajstić information content (AvgIpc) is 2.86. The minimum Gasteiger partial charge on any atom is -0.324 e. The van der Waals surface area contributed by atoms with E-state index in [4.69, 9.17) is 5.73 Å². The van der Waals surface area contributed by atoms with Crippen LogP contribution in [0.25, 0.3) is 0 Å². The Balaban J connectivity index is 2.05. The van der Waals surface area contributed by atoms with Gasteiger partial charge < -0.3 is 5.73 Å². The maximum atomic E-state index is 6.52. The average molecular weight is 201 g/mol. The molecule has 0 amide bonds. The van der Waals surface area contributed by atoms with Crippen LogP contribution in [-0.4, -0.2) is 5.54 Å². The summed E-state index contributed by atoms with van der Waals surface area (Å²) in [5, 5.41) is 0. The monoisotopic (exact) mass is 201 g/mol. The molecule has 2 aliphatic rings. The van der Waals surface area contributed by atoms with E-state index in [1.54, 1.807) is 0 Å². The van der Waals surface area contributed by atoms with Gasteiger partial charge in [0.15, 0.2) is 0 Å². The van der Waals surface area contributed by atoms with Gasteiger partial charge in [-0.3, -0.25) is 0 Å². The van der Waals surface area contributed by atoms with Crippen molar-refractivity contribution in [2.24, 2.45) is 5.73 Å². The predicted octanol–water partition coefficient (Wildman–Crippen LogP) is 2.99. The lowest BCUT2D eigenvalue weighted by Crippen LogP contribution is -2.45. The Labute approximate surface area is 91.7 Å². The molecular weight excluding hydrogens is 182 g/mol. The molecule has 1 aromatic rings. The predicted molar refractivity (Wildman–Crippen MR) is 62.7 cm³/mol. The molecule has 0 heterocycles. The molecule has 2 aliphatic carbocycles. The van der Waals surface area contributed by atoms with Gasteiger partial charge in [-0.25, -0.2) is 0 Å². The van der Waals surface area contributed by atoms with Gasteiger partial charge in [-0.05, 0) is 31.2 Å². The van der Waals surface area contributed by atoms with Gasteiger partial charge in [-0.15, -0.1) is 0 Å². The first kappa shape index (κ1) is 9.41. The topological polar surface area (TPSA) is 26.0 Å². The van der Waals surface area contributed by atoms with Gasteiger partial charge in [0.2, 0.25) is 0 Å². The van der Waals surface area contributed by atoms with E-state index in [9.17, 15) is 0 Å². The second-order valence-corrected chi connectivity index (χ2v) is 5.31. The fourth-order valence-electron chi connectivity index (χ4n) is 3.42. The molecular formula is C14H19N. The second kappa shape index (κ2) is 3.08. The lowest BCUT2D eigenvalue weighted by molar-refractivity contribution is 0.332. The molecule has 2 saturated carbocycles. The number of rotatable bonds is 2. The summed E-state index contributed by atoms with van der Waals surface area (Å²) in [6.07, 6.45) is 7.76. The summed E-state index contributed by atoms with van der Waals surface area (Å²) in [5.74, 6) is 0. The number of benzene rings is 1. The first-order valence-corrected chi connectivity index (χ1v) is 6.11. The summed E-state index contributed by atoms with van der Waals surface area (Å²) in [6, 6.07) is 11.0. The molecule has 0 atom stereocenters. The van der Waals surface area contributed by atoms with Gasteiger partial charge in [0.05, 0.1) is 0 Å². The molecule has 0 unspecified atom stereocenters. The van der Waals surface area contributed by atoms with Crippen LogP contribution in [0, 0.1) is 0 Å². The van der Waals surface area contributed by atoms with Crippen molar-refractivity contribution in [1.29, 1.82) is 0 Å². The maximum Gasteiger partial charge on any atom is 0.0253 e. The third-order valence-corrected chi connectivity index (χ3v) is 4.53. The van der Waals surface area contributed by atoms with E-state index in [1.165, 1.54) is 44.1 Å². The van der Waals surface area contributed by atoms with Crippen molar-refractivity contribution in [3.05, 3.63) is 35.9 Å². The first-order chi connectivity index (χ1) is 7.27. The molecule has 0 aromatic heterocycles. The maximum absolute atomic E-state index is 6.52. The summed E-state index contributed by atoms with van der Waals surface area (Å²) in [4.78, 5) is 0. The molecule has 15 heavy (non-hydrogen) atoms. The fourth-order valence-corrected chi connectivity index (χ4v) is 3.42. The van der Waals surface area contributed by atoms with E-state index < -0.39 is 0 Å². The van der Waals surface area contributed by atoms with E-state index in [0.717, 1.165) is 0 Å². The van der Waals surface area contributed by atoms with Gasteiger partial charge in [-0.2, -0.15) is 0 Å². The number of nitrogens with two attached hydrogens (primary N) is 1. The van der Waals surface area contributed by atoms with E-state index >= 15 is 0 Å². The highest BCUT2D eigenvalue weighted by molar-refractivity contribution is 5.35. The molecule has 80 valence electrons. The Morgan fingerprint density at radius 2 is 1.47 bits per heavy atom. The molecule has 1 nitrogen and oxygen atoms in total. The van der Waals surface area contributed by atoms with Gasteiger partial charge in [-0.1, -0.05) is 43.2 Å². The lowest BCUT2D eigenvalue weighted by Gasteiger charge is -2.36. The van der Waals surface area contributed by atoms with Crippen molar-refractivity contribution in [2.45, 2.75) is 49.5 Å². The highest BCUT2D eigenvalue weighted by atomic mass is 14.9. The number of hydrogen-bond acceptors (Lipinski definition) is 1. The van der Waals surface area contributed by atoms with Crippen LogP contribution in [0.1, 0.15) is 44.1 Å². The second-order valence-electron chi connectivity index (χ2n) is 5.31. The molecule has 3 rings (SSSR count). The molecule has 2 fully saturated rings. The third-order valence-electron chi connectivity index (χ3n) is 4.53. The minimum atomic E-state index is 0.130. The molecule has 0 saturated heterocycles. The Bertz CT molecular complexity index is 345. The molecule has 0 aliphatic heterocycles. The Morgan fingerprint density at radius 3 is 2.00 bits per heavy atom. The van der Waals surface area contributed by atoms with Crippen LogP contribution in [0.5, 0.6) is 0 Å². The summed E-state index contributed by atoms with van der Waals surface area (Å²) < 4.78 is 0. The van der Waals surface area contributed by atoms with Gasteiger partial charge in [0, 0.05) is 11.0 Å². The minimum absolute atomic E-state index is 0.130. The highest BCUT2D eigenvalue weighted by Gasteiger charge is 2.57. The van der Waals surface area contributed by atoms with E-state index in [-0.39, 0.29) is 5.54 Å². The zero-order chi connectivity index (χ0) is 10.4. The molecule has 1 aromatic carbocycles. The molecule has 0 spiro atoms. The summed E-state index contributed by atoms with van der Waals surface area (Å²) in [5.41, 5.74) is 8.45. The molecule has 0 radical (unpaired) electrons. The van der Waals surface area contributed by atoms with Crippen LogP contribution in [-0.2, 0) is 5.41 Å². The van der Waals surface area contributed by atoms with Crippen LogP contribution < -0.4 is 5.73 Å². The third kappa shape index (κ3) is 1.26. The van der Waals surface area contributed by atoms with Crippen molar-refractivity contribution in [3.63, 3.8) is 0 Å². The van der Waals surface area contributed by atoms with Crippen LogP contribution in [0.4, 0.5) is 0 Å². The van der Waals surface area contributed by atoms with Crippen molar-refractivity contribution in [2.75, 3.05) is 0 Å². The number of hydrogen-bond donors (Lipinski definition) is 1. The van der Waals surface area contributed by atoms with E-state index in [0.29, 0.717) is 5.41 Å². The molecule has 2 N–H and O–H groups in total. The smallest absolute Gasteiger partial charge is 0.0253 e. The van der Waals surface area contributed by atoms with Gasteiger partial charge >= 0.3 is 0 Å². The first-order valence-electron chi connectivity index (χ1n) is 6.11. The zero-order valence-electron chi connectivity index (χ0n) is 9.21. The Kier molecular flexibility index (Phi) is 1.93. The summed E-state index contributed by atoms with van der Waals surface area (Å²) in [6.45, 7) is 0. The van der Waals surface area contributed by atoms with Crippen LogP contribution >= 0.6 is 0 Å². The van der Waals surface area contributed by atoms with Gasteiger partial charge in [0.1, 0.15) is 0 Å². The van der Waals surface area contributed by atoms with Crippen molar-refractivity contribution < 1.29 is 0 Å². The highest BCUT2D eigenvalue weighted by Crippen LogP contribution is 2.57. The fraction of sp³-hybridized carbons (Fsp3) is 0.571. The van der Waals surface area contributed by atoms with Crippen LogP contribution in [0.3, 0.4) is 0 Å². The van der Waals surface area contributed by atoms with E-state index in [1.807, 2.05) is 0 Å². The zero-order valence-corrected chi connectivity index (χ0v) is 9.21. The standard InChI is InChI=1S/C14H19N/c15-14(10-11-14)13(8-4-5-9-13)12-6-2-1-3-7-12/h1-3,6-7H,4-5,8-11,15H2. The Morgan fingerprint density at radius 1 is 0.867 bits per heavy atom. The SMILES string of the molecule is NC1(C2(c3ccccc3)CCCC2)CC1. The molecule has 0 bridgehead atoms. The van der Waals surface area contributed by atoms with Crippen molar-refractivity contribution in [3.8, 4) is 0 Å². The van der Waals surface area contributed by atoms with Crippen molar-refractivity contribution >= 4 is 0 Å². The van der Waals surface area contributed by atoms with Crippen LogP contribution in [0.15, 0.2) is 30.3 Å².